The van der Waals surface area contributed by atoms with Gasteiger partial charge in [-0.15, -0.1) is 11.6 Å². The summed E-state index contributed by atoms with van der Waals surface area (Å²) >= 11 is 5.58. The van der Waals surface area contributed by atoms with Gasteiger partial charge in [0.2, 0.25) is 5.91 Å². The molecule has 0 saturated heterocycles. The lowest BCUT2D eigenvalue weighted by molar-refractivity contribution is -0.116. The molecule has 16 heavy (non-hydrogen) atoms. The van der Waals surface area contributed by atoms with E-state index in [-0.39, 0.29) is 11.8 Å². The Morgan fingerprint density at radius 1 is 1.50 bits per heavy atom. The van der Waals surface area contributed by atoms with Crippen LogP contribution < -0.4 is 11.1 Å². The van der Waals surface area contributed by atoms with Gasteiger partial charge in [0.15, 0.2) is 0 Å². The summed E-state index contributed by atoms with van der Waals surface area (Å²) in [5.41, 5.74) is 8.23. The van der Waals surface area contributed by atoms with Crippen LogP contribution in [-0.2, 0) is 11.2 Å². The van der Waals surface area contributed by atoms with E-state index in [1.807, 2.05) is 18.2 Å². The van der Waals surface area contributed by atoms with Crippen molar-refractivity contribution in [1.29, 1.82) is 0 Å². The van der Waals surface area contributed by atoms with Crippen molar-refractivity contribution in [3.8, 4) is 0 Å². The number of aliphatic imine (C=N–C) groups is 1. The van der Waals surface area contributed by atoms with Crippen LogP contribution in [0.5, 0.6) is 0 Å². The molecule has 1 aromatic rings. The second-order valence-electron chi connectivity index (χ2n) is 3.59. The topological polar surface area (TPSA) is 67.5 Å². The molecule has 4 nitrogen and oxygen atoms in total. The first kappa shape index (κ1) is 11.0. The number of halogens is 1. The molecule has 0 aromatic heterocycles. The lowest BCUT2D eigenvalue weighted by atomic mass is 10.0. The van der Waals surface area contributed by atoms with Crippen LogP contribution in [0, 0.1) is 0 Å². The summed E-state index contributed by atoms with van der Waals surface area (Å²) in [6.45, 7) is 0. The Bertz CT molecular complexity index is 457. The van der Waals surface area contributed by atoms with Crippen molar-refractivity contribution in [2.45, 2.75) is 12.8 Å². The number of carbonyl (C=O) groups is 1. The minimum absolute atomic E-state index is 0.0407. The molecule has 0 radical (unpaired) electrons. The van der Waals surface area contributed by atoms with Crippen molar-refractivity contribution in [1.82, 2.24) is 0 Å². The minimum atomic E-state index is 0.0407. The number of benzene rings is 1. The molecule has 0 spiro atoms. The lowest BCUT2D eigenvalue weighted by Crippen LogP contribution is -2.19. The molecule has 1 amide bonds. The highest BCUT2D eigenvalue weighted by Crippen LogP contribution is 2.31. The average molecular weight is 238 g/mol. The third-order valence-corrected chi connectivity index (χ3v) is 2.70. The average Bonchev–Trinajstić information content (AvgIpc) is 2.28. The van der Waals surface area contributed by atoms with E-state index < -0.39 is 0 Å². The van der Waals surface area contributed by atoms with E-state index in [9.17, 15) is 4.79 Å². The monoisotopic (exact) mass is 237 g/mol. The first-order chi connectivity index (χ1) is 7.70. The number of rotatable bonds is 2. The van der Waals surface area contributed by atoms with Crippen molar-refractivity contribution in [3.05, 3.63) is 23.8 Å². The summed E-state index contributed by atoms with van der Waals surface area (Å²) in [6.07, 6.45) is 1.18. The highest BCUT2D eigenvalue weighted by molar-refractivity contribution is 6.28. The second-order valence-corrected chi connectivity index (χ2v) is 3.86. The van der Waals surface area contributed by atoms with E-state index in [2.05, 4.69) is 10.3 Å². The summed E-state index contributed by atoms with van der Waals surface area (Å²) in [5, 5.41) is 2.81. The smallest absolute Gasteiger partial charge is 0.224 e. The van der Waals surface area contributed by atoms with Crippen molar-refractivity contribution >= 4 is 34.7 Å². The number of fused-ring (bicyclic) bond motifs is 1. The van der Waals surface area contributed by atoms with Gasteiger partial charge in [0.1, 0.15) is 5.84 Å². The number of nitrogens with one attached hydrogen (secondary N) is 1. The van der Waals surface area contributed by atoms with Gasteiger partial charge >= 0.3 is 0 Å². The number of amides is 1. The summed E-state index contributed by atoms with van der Waals surface area (Å²) in [7, 11) is 0. The van der Waals surface area contributed by atoms with E-state index in [1.54, 1.807) is 0 Å². The molecule has 1 heterocycles. The maximum atomic E-state index is 11.2. The summed E-state index contributed by atoms with van der Waals surface area (Å²) in [5.74, 6) is 0.627. The Hall–Kier alpha value is -1.55. The molecule has 0 fully saturated rings. The molecule has 5 heteroatoms. The quantitative estimate of drug-likeness (QED) is 0.468. The first-order valence-electron chi connectivity index (χ1n) is 5.01. The maximum absolute atomic E-state index is 11.2. The molecule has 0 unspecified atom stereocenters. The summed E-state index contributed by atoms with van der Waals surface area (Å²) < 4.78 is 0. The fourth-order valence-corrected chi connectivity index (χ4v) is 1.75. The van der Waals surface area contributed by atoms with Crippen molar-refractivity contribution in [2.24, 2.45) is 10.7 Å². The molecule has 3 N–H and O–H groups in total. The van der Waals surface area contributed by atoms with E-state index >= 15 is 0 Å². The van der Waals surface area contributed by atoms with Gasteiger partial charge < -0.3 is 11.1 Å². The molecule has 0 saturated carbocycles. The van der Waals surface area contributed by atoms with E-state index in [4.69, 9.17) is 17.3 Å². The van der Waals surface area contributed by atoms with Crippen molar-refractivity contribution in [3.63, 3.8) is 0 Å². The van der Waals surface area contributed by atoms with Crippen molar-refractivity contribution < 1.29 is 4.79 Å². The Kier molecular flexibility index (Phi) is 3.10. The number of anilines is 1. The largest absolute Gasteiger partial charge is 0.386 e. The SMILES string of the molecule is NC(CCl)=Nc1cccc2c1CCC(=O)N2. The minimum Gasteiger partial charge on any atom is -0.386 e. The van der Waals surface area contributed by atoms with Gasteiger partial charge in [0, 0.05) is 17.7 Å². The fraction of sp³-hybridized carbons (Fsp3) is 0.273. The number of amidine groups is 1. The fourth-order valence-electron chi connectivity index (χ4n) is 1.70. The number of alkyl halides is 1. The number of nitrogens with zero attached hydrogens (tertiary/aromatic N) is 1. The standard InChI is InChI=1S/C11H12ClN3O/c12-6-10(13)14-8-2-1-3-9-7(8)4-5-11(16)15-9/h1-3H,4-6H2,(H2,13,14)(H,15,16). The lowest BCUT2D eigenvalue weighted by Gasteiger charge is -2.18. The zero-order valence-corrected chi connectivity index (χ0v) is 9.42. The molecule has 0 aliphatic carbocycles. The van der Waals surface area contributed by atoms with Crippen LogP contribution >= 0.6 is 11.6 Å². The zero-order valence-electron chi connectivity index (χ0n) is 8.66. The van der Waals surface area contributed by atoms with Gasteiger partial charge in [-0.1, -0.05) is 6.07 Å². The van der Waals surface area contributed by atoms with E-state index in [0.717, 1.165) is 16.9 Å². The maximum Gasteiger partial charge on any atom is 0.224 e. The predicted octanol–water partition coefficient (Wildman–Crippen LogP) is 1.80. The van der Waals surface area contributed by atoms with Crippen LogP contribution in [0.2, 0.25) is 0 Å². The van der Waals surface area contributed by atoms with Crippen molar-refractivity contribution in [2.75, 3.05) is 11.2 Å². The van der Waals surface area contributed by atoms with Gasteiger partial charge in [0.05, 0.1) is 11.6 Å². The Morgan fingerprint density at radius 2 is 2.31 bits per heavy atom. The molecular weight excluding hydrogens is 226 g/mol. The van der Waals surface area contributed by atoms with Crippen LogP contribution in [0.25, 0.3) is 0 Å². The Morgan fingerprint density at radius 3 is 3.06 bits per heavy atom. The first-order valence-corrected chi connectivity index (χ1v) is 5.55. The third-order valence-electron chi connectivity index (χ3n) is 2.43. The Labute approximate surface area is 98.5 Å². The molecule has 1 aliphatic rings. The van der Waals surface area contributed by atoms with Gasteiger partial charge in [-0.2, -0.15) is 0 Å². The molecule has 0 bridgehead atoms. The molecule has 1 aromatic carbocycles. The number of nitrogens with two attached hydrogens (primary N) is 1. The molecule has 2 rings (SSSR count). The summed E-state index contributed by atoms with van der Waals surface area (Å²) in [4.78, 5) is 15.4. The molecule has 0 atom stereocenters. The van der Waals surface area contributed by atoms with Gasteiger partial charge in [-0.25, -0.2) is 4.99 Å². The zero-order chi connectivity index (χ0) is 11.5. The van der Waals surface area contributed by atoms with Crippen LogP contribution in [-0.4, -0.2) is 17.6 Å². The second kappa shape index (κ2) is 4.53. The molecular formula is C11H12ClN3O. The Balaban J connectivity index is 2.41. The number of hydrogen-bond acceptors (Lipinski definition) is 2. The van der Waals surface area contributed by atoms with E-state index in [0.29, 0.717) is 18.7 Å². The predicted molar refractivity (Wildman–Crippen MR) is 65.4 cm³/mol. The normalized spacial score (nSPS) is 15.6. The van der Waals surface area contributed by atoms with Crippen LogP contribution in [0.1, 0.15) is 12.0 Å². The molecule has 1 aliphatic heterocycles. The third kappa shape index (κ3) is 2.17. The van der Waals surface area contributed by atoms with Crippen LogP contribution in [0.3, 0.4) is 0 Å². The highest BCUT2D eigenvalue weighted by Gasteiger charge is 2.17. The van der Waals surface area contributed by atoms with Crippen LogP contribution in [0.4, 0.5) is 11.4 Å². The molecule has 84 valence electrons. The van der Waals surface area contributed by atoms with E-state index in [1.165, 1.54) is 0 Å². The number of carbonyl (C=O) groups excluding carboxylic acids is 1. The van der Waals surface area contributed by atoms with Gasteiger partial charge in [-0.05, 0) is 18.6 Å². The van der Waals surface area contributed by atoms with Gasteiger partial charge in [-0.3, -0.25) is 4.79 Å². The summed E-state index contributed by atoms with van der Waals surface area (Å²) in [6, 6.07) is 5.57. The highest BCUT2D eigenvalue weighted by atomic mass is 35.5. The number of hydrogen-bond donors (Lipinski definition) is 2. The van der Waals surface area contributed by atoms with Crippen LogP contribution in [0.15, 0.2) is 23.2 Å². The van der Waals surface area contributed by atoms with Gasteiger partial charge in [0.25, 0.3) is 0 Å².